The lowest BCUT2D eigenvalue weighted by Crippen LogP contribution is -2.13. The van der Waals surface area contributed by atoms with E-state index in [2.05, 4.69) is 22.2 Å². The zero-order chi connectivity index (χ0) is 14.5. The van der Waals surface area contributed by atoms with Gasteiger partial charge in [-0.05, 0) is 30.4 Å². The van der Waals surface area contributed by atoms with Crippen molar-refractivity contribution in [3.63, 3.8) is 0 Å². The van der Waals surface area contributed by atoms with Crippen LogP contribution in [0.5, 0.6) is 0 Å². The Morgan fingerprint density at radius 3 is 2.60 bits per heavy atom. The summed E-state index contributed by atoms with van der Waals surface area (Å²) in [6, 6.07) is 7.68. The second-order valence-electron chi connectivity index (χ2n) is 4.07. The molecule has 0 saturated carbocycles. The van der Waals surface area contributed by atoms with Crippen molar-refractivity contribution in [2.75, 3.05) is 11.6 Å². The molecule has 0 bridgehead atoms. The number of nitrogens with one attached hydrogen (secondary N) is 1. The first-order chi connectivity index (χ1) is 9.63. The van der Waals surface area contributed by atoms with Gasteiger partial charge in [-0.25, -0.2) is 9.97 Å². The van der Waals surface area contributed by atoms with Crippen LogP contribution in [-0.2, 0) is 6.42 Å². The van der Waals surface area contributed by atoms with Gasteiger partial charge in [0.05, 0.1) is 5.56 Å². The van der Waals surface area contributed by atoms with Gasteiger partial charge in [-0.15, -0.1) is 0 Å². The van der Waals surface area contributed by atoms with Gasteiger partial charge in [-0.2, -0.15) is 0 Å². The van der Waals surface area contributed by atoms with E-state index in [1.165, 1.54) is 23.5 Å². The molecule has 1 aromatic heterocycles. The topological polar surface area (TPSA) is 54.9 Å². The molecule has 0 fully saturated rings. The number of rotatable bonds is 4. The molecule has 2 rings (SSSR count). The number of hydrogen-bond acceptors (Lipinski definition) is 4. The number of amides is 1. The van der Waals surface area contributed by atoms with Crippen LogP contribution in [0.2, 0.25) is 5.15 Å². The van der Waals surface area contributed by atoms with Gasteiger partial charge in [0.1, 0.15) is 5.15 Å². The molecule has 0 radical (unpaired) electrons. The smallest absolute Gasteiger partial charge is 0.260 e. The highest BCUT2D eigenvalue weighted by Crippen LogP contribution is 2.18. The molecule has 0 atom stereocenters. The van der Waals surface area contributed by atoms with Crippen molar-refractivity contribution in [1.82, 2.24) is 9.97 Å². The summed E-state index contributed by atoms with van der Waals surface area (Å²) < 4.78 is 0. The van der Waals surface area contributed by atoms with Crippen molar-refractivity contribution in [3.8, 4) is 0 Å². The summed E-state index contributed by atoms with van der Waals surface area (Å²) in [5.41, 5.74) is 2.20. The van der Waals surface area contributed by atoms with Crippen LogP contribution in [0.4, 0.5) is 5.69 Å². The zero-order valence-corrected chi connectivity index (χ0v) is 12.8. The summed E-state index contributed by atoms with van der Waals surface area (Å²) >= 11 is 7.36. The van der Waals surface area contributed by atoms with E-state index in [-0.39, 0.29) is 16.6 Å². The third-order valence-corrected chi connectivity index (χ3v) is 3.62. The minimum atomic E-state index is -0.313. The molecule has 0 spiro atoms. The quantitative estimate of drug-likeness (QED) is 0.532. The molecule has 2 aromatic rings. The molecule has 1 heterocycles. The standard InChI is InChI=1S/C14H14ClN3OS/c1-3-9-4-6-10(7-5-9)17-13(19)11-8-16-14(20-2)18-12(11)15/h4-8H,3H2,1-2H3,(H,17,19). The van der Waals surface area contributed by atoms with E-state index >= 15 is 0 Å². The van der Waals surface area contributed by atoms with E-state index in [1.54, 1.807) is 0 Å². The lowest BCUT2D eigenvalue weighted by Gasteiger charge is -2.07. The number of aryl methyl sites for hydroxylation is 1. The first-order valence-electron chi connectivity index (χ1n) is 6.11. The largest absolute Gasteiger partial charge is 0.322 e. The van der Waals surface area contributed by atoms with Crippen molar-refractivity contribution in [1.29, 1.82) is 0 Å². The minimum Gasteiger partial charge on any atom is -0.322 e. The van der Waals surface area contributed by atoms with Gasteiger partial charge < -0.3 is 5.32 Å². The van der Waals surface area contributed by atoms with Gasteiger partial charge in [-0.1, -0.05) is 42.4 Å². The second kappa shape index (κ2) is 6.72. The van der Waals surface area contributed by atoms with Crippen molar-refractivity contribution in [2.24, 2.45) is 0 Å². The fourth-order valence-corrected chi connectivity index (χ4v) is 2.22. The van der Waals surface area contributed by atoms with Gasteiger partial charge in [0.25, 0.3) is 5.91 Å². The number of carbonyl (C=O) groups is 1. The van der Waals surface area contributed by atoms with Crippen LogP contribution in [0.3, 0.4) is 0 Å². The van der Waals surface area contributed by atoms with Crippen LogP contribution in [0.1, 0.15) is 22.8 Å². The maximum Gasteiger partial charge on any atom is 0.260 e. The normalized spacial score (nSPS) is 10.3. The molecule has 0 unspecified atom stereocenters. The molecule has 1 N–H and O–H groups in total. The van der Waals surface area contributed by atoms with Gasteiger partial charge in [0.15, 0.2) is 5.16 Å². The van der Waals surface area contributed by atoms with Crippen LogP contribution >= 0.6 is 23.4 Å². The molecule has 20 heavy (non-hydrogen) atoms. The number of halogens is 1. The Labute approximate surface area is 127 Å². The molecule has 4 nitrogen and oxygen atoms in total. The summed E-state index contributed by atoms with van der Waals surface area (Å²) in [7, 11) is 0. The van der Waals surface area contributed by atoms with Gasteiger partial charge in [0.2, 0.25) is 0 Å². The third-order valence-electron chi connectivity index (χ3n) is 2.77. The average Bonchev–Trinajstić information content (AvgIpc) is 2.47. The van der Waals surface area contributed by atoms with Crippen molar-refractivity contribution < 1.29 is 4.79 Å². The molecular weight excluding hydrogens is 294 g/mol. The lowest BCUT2D eigenvalue weighted by atomic mass is 10.1. The lowest BCUT2D eigenvalue weighted by molar-refractivity contribution is 0.102. The molecule has 0 aliphatic carbocycles. The Kier molecular flexibility index (Phi) is 4.98. The Balaban J connectivity index is 2.14. The summed E-state index contributed by atoms with van der Waals surface area (Å²) in [5.74, 6) is -0.313. The fourth-order valence-electron chi connectivity index (χ4n) is 1.62. The van der Waals surface area contributed by atoms with Crippen LogP contribution in [0.15, 0.2) is 35.6 Å². The predicted molar refractivity (Wildman–Crippen MR) is 82.6 cm³/mol. The predicted octanol–water partition coefficient (Wildman–Crippen LogP) is 3.67. The van der Waals surface area contributed by atoms with Crippen LogP contribution < -0.4 is 5.32 Å². The zero-order valence-electron chi connectivity index (χ0n) is 11.2. The Morgan fingerprint density at radius 1 is 1.35 bits per heavy atom. The van der Waals surface area contributed by atoms with Crippen LogP contribution in [0, 0.1) is 0 Å². The molecule has 104 valence electrons. The minimum absolute atomic E-state index is 0.159. The highest BCUT2D eigenvalue weighted by atomic mass is 35.5. The summed E-state index contributed by atoms with van der Waals surface area (Å²) in [6.07, 6.45) is 4.25. The molecule has 0 aliphatic heterocycles. The first-order valence-corrected chi connectivity index (χ1v) is 7.71. The van der Waals surface area contributed by atoms with Crippen LogP contribution in [-0.4, -0.2) is 22.1 Å². The average molecular weight is 308 g/mol. The molecule has 1 aromatic carbocycles. The summed E-state index contributed by atoms with van der Waals surface area (Å²) in [4.78, 5) is 20.2. The fraction of sp³-hybridized carbons (Fsp3) is 0.214. The number of benzene rings is 1. The number of thioether (sulfide) groups is 1. The molecule has 6 heteroatoms. The SMILES string of the molecule is CCc1ccc(NC(=O)c2cnc(SC)nc2Cl)cc1. The third kappa shape index (κ3) is 3.49. The summed E-state index contributed by atoms with van der Waals surface area (Å²) in [5, 5.41) is 3.48. The highest BCUT2D eigenvalue weighted by molar-refractivity contribution is 7.98. The Hall–Kier alpha value is -1.59. The number of nitrogens with zero attached hydrogens (tertiary/aromatic N) is 2. The summed E-state index contributed by atoms with van der Waals surface area (Å²) in [6.45, 7) is 2.08. The van der Waals surface area contributed by atoms with Gasteiger partial charge in [-0.3, -0.25) is 4.79 Å². The number of aromatic nitrogens is 2. The number of anilines is 1. The number of hydrogen-bond donors (Lipinski definition) is 1. The van der Waals surface area contributed by atoms with Crippen molar-refractivity contribution in [3.05, 3.63) is 46.7 Å². The molecular formula is C14H14ClN3OS. The molecule has 1 amide bonds. The van der Waals surface area contributed by atoms with E-state index in [4.69, 9.17) is 11.6 Å². The van der Waals surface area contributed by atoms with Crippen LogP contribution in [0.25, 0.3) is 0 Å². The van der Waals surface area contributed by atoms with E-state index < -0.39 is 0 Å². The van der Waals surface area contributed by atoms with E-state index in [9.17, 15) is 4.79 Å². The molecule has 0 aliphatic rings. The first kappa shape index (κ1) is 14.8. The van der Waals surface area contributed by atoms with Crippen molar-refractivity contribution >= 4 is 35.0 Å². The number of carbonyl (C=O) groups excluding carboxylic acids is 1. The van der Waals surface area contributed by atoms with E-state index in [0.29, 0.717) is 5.16 Å². The molecule has 0 saturated heterocycles. The second-order valence-corrected chi connectivity index (χ2v) is 5.20. The Morgan fingerprint density at radius 2 is 2.05 bits per heavy atom. The van der Waals surface area contributed by atoms with Crippen molar-refractivity contribution in [2.45, 2.75) is 18.5 Å². The van der Waals surface area contributed by atoms with E-state index in [1.807, 2.05) is 30.5 Å². The maximum absolute atomic E-state index is 12.1. The van der Waals surface area contributed by atoms with Gasteiger partial charge in [0, 0.05) is 11.9 Å². The maximum atomic E-state index is 12.1. The van der Waals surface area contributed by atoms with E-state index in [0.717, 1.165) is 12.1 Å². The highest BCUT2D eigenvalue weighted by Gasteiger charge is 2.13. The monoisotopic (exact) mass is 307 g/mol. The van der Waals surface area contributed by atoms with Gasteiger partial charge >= 0.3 is 0 Å². The Bertz CT molecular complexity index is 616.